The molecule has 0 radical (unpaired) electrons. The van der Waals surface area contributed by atoms with E-state index in [9.17, 15) is 4.79 Å². The highest BCUT2D eigenvalue weighted by Crippen LogP contribution is 2.22. The van der Waals surface area contributed by atoms with Crippen molar-refractivity contribution in [1.29, 1.82) is 0 Å². The second-order valence-electron chi connectivity index (χ2n) is 5.80. The zero-order valence-corrected chi connectivity index (χ0v) is 13.3. The monoisotopic (exact) mass is 309 g/mol. The van der Waals surface area contributed by atoms with Gasteiger partial charge in [-0.3, -0.25) is 4.79 Å². The highest BCUT2D eigenvalue weighted by Gasteiger charge is 2.22. The molecule has 0 unspecified atom stereocenters. The predicted molar refractivity (Wildman–Crippen MR) is 91.1 cm³/mol. The van der Waals surface area contributed by atoms with Crippen LogP contribution in [0.5, 0.6) is 0 Å². The summed E-state index contributed by atoms with van der Waals surface area (Å²) in [7, 11) is 0. The topological polar surface area (TPSA) is 58.9 Å². The highest BCUT2D eigenvalue weighted by atomic mass is 16.3. The van der Waals surface area contributed by atoms with Gasteiger partial charge in [-0.2, -0.15) is 0 Å². The lowest BCUT2D eigenvalue weighted by molar-refractivity contribution is -0.711. The number of carbonyl (C=O) groups is 1. The summed E-state index contributed by atoms with van der Waals surface area (Å²) in [4.78, 5) is 12.5. The molecule has 3 rings (SSSR count). The van der Waals surface area contributed by atoms with Crippen molar-refractivity contribution < 1.29 is 14.5 Å². The molecule has 3 N–H and O–H groups in total. The van der Waals surface area contributed by atoms with Crippen LogP contribution >= 0.6 is 0 Å². The maximum atomic E-state index is 12.5. The first-order valence-corrected chi connectivity index (χ1v) is 7.82. The molecule has 1 aromatic heterocycles. The number of quaternary nitrogens is 1. The fraction of sp³-hybridized carbons (Fsp3) is 0.211. The molecular weight excluding hydrogens is 288 g/mol. The molecule has 0 spiro atoms. The maximum absolute atomic E-state index is 12.5. The molecular formula is C19H21N2O2+. The molecule has 0 fully saturated rings. The number of nitrogens with two attached hydrogens (primary N) is 1. The van der Waals surface area contributed by atoms with Gasteiger partial charge in [0, 0.05) is 11.1 Å². The summed E-state index contributed by atoms with van der Waals surface area (Å²) in [6.45, 7) is 3.93. The van der Waals surface area contributed by atoms with E-state index in [1.807, 2.05) is 73.8 Å². The van der Waals surface area contributed by atoms with E-state index in [4.69, 9.17) is 4.42 Å². The van der Waals surface area contributed by atoms with Gasteiger partial charge in [-0.15, -0.1) is 0 Å². The molecule has 0 aliphatic heterocycles. The van der Waals surface area contributed by atoms with E-state index in [0.29, 0.717) is 0 Å². The van der Waals surface area contributed by atoms with Gasteiger partial charge in [0.1, 0.15) is 6.04 Å². The third-order valence-corrected chi connectivity index (χ3v) is 4.03. The van der Waals surface area contributed by atoms with Gasteiger partial charge < -0.3 is 15.1 Å². The minimum absolute atomic E-state index is 0.0141. The Morgan fingerprint density at radius 2 is 1.83 bits per heavy atom. The number of anilines is 1. The van der Waals surface area contributed by atoms with Crippen LogP contribution in [0.4, 0.5) is 5.69 Å². The molecule has 118 valence electrons. The van der Waals surface area contributed by atoms with Crippen LogP contribution in [-0.2, 0) is 4.79 Å². The van der Waals surface area contributed by atoms with Gasteiger partial charge in [0.05, 0.1) is 6.26 Å². The standard InChI is InChI=1S/C19H20N2O2/c1-13(18-11-6-12-23-18)20-14(2)19(22)21-17-10-5-8-15-7-3-4-9-16(15)17/h3-14,20H,1-2H3,(H,21,22)/p+1/t13-,14+/m1/s1. The quantitative estimate of drug-likeness (QED) is 0.761. The first-order valence-electron chi connectivity index (χ1n) is 7.82. The Bertz CT molecular complexity index is 791. The van der Waals surface area contributed by atoms with Crippen molar-refractivity contribution in [3.8, 4) is 0 Å². The molecule has 2 atom stereocenters. The predicted octanol–water partition coefficient (Wildman–Crippen LogP) is 3.08. The summed E-state index contributed by atoms with van der Waals surface area (Å²) in [6, 6.07) is 17.6. The van der Waals surface area contributed by atoms with Crippen LogP contribution in [-0.4, -0.2) is 11.9 Å². The Morgan fingerprint density at radius 1 is 1.04 bits per heavy atom. The van der Waals surface area contributed by atoms with Crippen molar-refractivity contribution in [2.24, 2.45) is 0 Å². The number of rotatable bonds is 5. The summed E-state index contributed by atoms with van der Waals surface area (Å²) in [6.07, 6.45) is 1.65. The molecule has 1 heterocycles. The molecule has 2 aromatic carbocycles. The van der Waals surface area contributed by atoms with Gasteiger partial charge in [0.2, 0.25) is 0 Å². The number of carbonyl (C=O) groups excluding carboxylic acids is 1. The lowest BCUT2D eigenvalue weighted by Crippen LogP contribution is -2.91. The molecule has 1 amide bonds. The first-order chi connectivity index (χ1) is 11.1. The maximum Gasteiger partial charge on any atom is 0.282 e. The molecule has 23 heavy (non-hydrogen) atoms. The zero-order valence-electron chi connectivity index (χ0n) is 13.3. The summed E-state index contributed by atoms with van der Waals surface area (Å²) in [5.41, 5.74) is 0.846. The van der Waals surface area contributed by atoms with Gasteiger partial charge in [0.15, 0.2) is 11.8 Å². The molecule has 0 aliphatic rings. The van der Waals surface area contributed by atoms with Crippen molar-refractivity contribution in [1.82, 2.24) is 0 Å². The van der Waals surface area contributed by atoms with Gasteiger partial charge in [-0.1, -0.05) is 36.4 Å². The van der Waals surface area contributed by atoms with Crippen molar-refractivity contribution in [2.45, 2.75) is 25.9 Å². The molecule has 4 nitrogen and oxygen atoms in total. The Hall–Kier alpha value is -2.59. The molecule has 4 heteroatoms. The minimum Gasteiger partial charge on any atom is -0.463 e. The molecule has 0 saturated carbocycles. The average Bonchev–Trinajstić information content (AvgIpc) is 3.09. The SMILES string of the molecule is C[C@H]([NH2+][C@H](C)c1ccco1)C(=O)Nc1cccc2ccccc12. The number of hydrogen-bond donors (Lipinski definition) is 2. The van der Waals surface area contributed by atoms with Crippen LogP contribution in [0.15, 0.2) is 65.3 Å². The Labute approximate surface area is 135 Å². The number of hydrogen-bond acceptors (Lipinski definition) is 2. The van der Waals surface area contributed by atoms with E-state index >= 15 is 0 Å². The van der Waals surface area contributed by atoms with Crippen LogP contribution in [0.25, 0.3) is 10.8 Å². The van der Waals surface area contributed by atoms with E-state index in [0.717, 1.165) is 22.2 Å². The summed E-state index contributed by atoms with van der Waals surface area (Å²) in [5, 5.41) is 7.20. The van der Waals surface area contributed by atoms with E-state index in [2.05, 4.69) is 5.32 Å². The summed E-state index contributed by atoms with van der Waals surface area (Å²) >= 11 is 0. The first kappa shape index (κ1) is 15.3. The normalized spacial score (nSPS) is 13.7. The Morgan fingerprint density at radius 3 is 2.61 bits per heavy atom. The Kier molecular flexibility index (Phi) is 4.44. The number of benzene rings is 2. The van der Waals surface area contributed by atoms with Crippen LogP contribution in [0, 0.1) is 0 Å². The Balaban J connectivity index is 1.70. The van der Waals surface area contributed by atoms with E-state index < -0.39 is 0 Å². The van der Waals surface area contributed by atoms with Gasteiger partial charge in [-0.05, 0) is 37.4 Å². The lowest BCUT2D eigenvalue weighted by Gasteiger charge is -2.16. The van der Waals surface area contributed by atoms with Gasteiger partial charge in [-0.25, -0.2) is 0 Å². The molecule has 0 saturated heterocycles. The summed E-state index contributed by atoms with van der Waals surface area (Å²) < 4.78 is 5.39. The van der Waals surface area contributed by atoms with Crippen LogP contribution < -0.4 is 10.6 Å². The van der Waals surface area contributed by atoms with E-state index in [1.165, 1.54) is 0 Å². The smallest absolute Gasteiger partial charge is 0.282 e. The third-order valence-electron chi connectivity index (χ3n) is 4.03. The van der Waals surface area contributed by atoms with Crippen LogP contribution in [0.2, 0.25) is 0 Å². The fourth-order valence-corrected chi connectivity index (χ4v) is 2.75. The second-order valence-corrected chi connectivity index (χ2v) is 5.80. The van der Waals surface area contributed by atoms with Crippen molar-refractivity contribution >= 4 is 22.4 Å². The molecule has 0 bridgehead atoms. The number of nitrogens with one attached hydrogen (secondary N) is 1. The second kappa shape index (κ2) is 6.67. The fourth-order valence-electron chi connectivity index (χ4n) is 2.75. The minimum atomic E-state index is -0.214. The third kappa shape index (κ3) is 3.43. The van der Waals surface area contributed by atoms with E-state index in [1.54, 1.807) is 6.26 Å². The number of fused-ring (bicyclic) bond motifs is 1. The lowest BCUT2D eigenvalue weighted by atomic mass is 10.1. The largest absolute Gasteiger partial charge is 0.463 e. The van der Waals surface area contributed by atoms with Crippen LogP contribution in [0.1, 0.15) is 25.6 Å². The number of amides is 1. The van der Waals surface area contributed by atoms with Gasteiger partial charge >= 0.3 is 0 Å². The van der Waals surface area contributed by atoms with Crippen molar-refractivity contribution in [3.63, 3.8) is 0 Å². The van der Waals surface area contributed by atoms with Gasteiger partial charge in [0.25, 0.3) is 5.91 Å². The summed E-state index contributed by atoms with van der Waals surface area (Å²) in [5.74, 6) is 0.856. The number of furan rings is 1. The van der Waals surface area contributed by atoms with Crippen molar-refractivity contribution in [2.75, 3.05) is 5.32 Å². The van der Waals surface area contributed by atoms with Crippen molar-refractivity contribution in [3.05, 3.63) is 66.6 Å². The van der Waals surface area contributed by atoms with E-state index in [-0.39, 0.29) is 18.0 Å². The molecule has 3 aromatic rings. The highest BCUT2D eigenvalue weighted by molar-refractivity contribution is 6.03. The average molecular weight is 309 g/mol. The molecule has 0 aliphatic carbocycles. The zero-order chi connectivity index (χ0) is 16.2. The van der Waals surface area contributed by atoms with Crippen LogP contribution in [0.3, 0.4) is 0 Å².